The molecule has 8 nitrogen and oxygen atoms in total. The molecule has 0 aliphatic carbocycles. The first kappa shape index (κ1) is 34.9. The molecule has 3 aromatic rings. The molecule has 2 unspecified atom stereocenters. The molecule has 46 heavy (non-hydrogen) atoms. The van der Waals surface area contributed by atoms with Gasteiger partial charge >= 0.3 is 5.97 Å². The zero-order chi connectivity index (χ0) is 32.7. The lowest BCUT2D eigenvalue weighted by molar-refractivity contribution is -0.146. The van der Waals surface area contributed by atoms with E-state index in [9.17, 15) is 9.59 Å². The highest BCUT2D eigenvalue weighted by Crippen LogP contribution is 2.41. The minimum atomic E-state index is -1.00. The molecule has 10 heteroatoms. The van der Waals surface area contributed by atoms with Gasteiger partial charge in [-0.05, 0) is 35.2 Å². The smallest absolute Gasteiger partial charge is 0.315 e. The highest BCUT2D eigenvalue weighted by Gasteiger charge is 2.44. The van der Waals surface area contributed by atoms with Crippen LogP contribution in [0.4, 0.5) is 0 Å². The number of esters is 1. The summed E-state index contributed by atoms with van der Waals surface area (Å²) in [6.07, 6.45) is 0.659. The molecule has 0 aromatic heterocycles. The molecular formula is C36H37Cl2N3O5. The number of methoxy groups -OCH3 is 1. The Morgan fingerprint density at radius 1 is 0.978 bits per heavy atom. The van der Waals surface area contributed by atoms with E-state index in [0.29, 0.717) is 35.0 Å². The third kappa shape index (κ3) is 9.27. The fourth-order valence-electron chi connectivity index (χ4n) is 5.66. The van der Waals surface area contributed by atoms with Crippen molar-refractivity contribution in [1.29, 1.82) is 5.26 Å². The number of ether oxygens (including phenoxy) is 3. The van der Waals surface area contributed by atoms with Gasteiger partial charge in [-0.1, -0.05) is 84.4 Å². The molecule has 4 rings (SSSR count). The van der Waals surface area contributed by atoms with Gasteiger partial charge < -0.3 is 19.5 Å². The van der Waals surface area contributed by atoms with E-state index in [4.69, 9.17) is 47.7 Å². The van der Waals surface area contributed by atoms with Gasteiger partial charge in [0.25, 0.3) is 0 Å². The summed E-state index contributed by atoms with van der Waals surface area (Å²) in [6, 6.07) is 29.3. The van der Waals surface area contributed by atoms with E-state index >= 15 is 0 Å². The van der Waals surface area contributed by atoms with E-state index in [1.54, 1.807) is 18.2 Å². The number of alkyl halides is 1. The van der Waals surface area contributed by atoms with Crippen molar-refractivity contribution in [2.75, 3.05) is 46.0 Å². The molecule has 240 valence electrons. The Labute approximate surface area is 280 Å². The number of nitriles is 1. The van der Waals surface area contributed by atoms with Crippen LogP contribution in [0.2, 0.25) is 5.02 Å². The van der Waals surface area contributed by atoms with Crippen LogP contribution in [0.15, 0.2) is 101 Å². The first-order chi connectivity index (χ1) is 22.5. The monoisotopic (exact) mass is 661 g/mol. The van der Waals surface area contributed by atoms with Gasteiger partial charge in [0.1, 0.15) is 12.5 Å². The Bertz CT molecular complexity index is 1520. The lowest BCUT2D eigenvalue weighted by atomic mass is 9.75. The fraction of sp³-hybridized carbons (Fsp3) is 0.333. The molecule has 1 N–H and O–H groups in total. The minimum Gasteiger partial charge on any atom is -0.464 e. The largest absolute Gasteiger partial charge is 0.464 e. The lowest BCUT2D eigenvalue weighted by Gasteiger charge is -2.33. The molecule has 2 atom stereocenters. The molecule has 0 fully saturated rings. The van der Waals surface area contributed by atoms with Crippen molar-refractivity contribution in [3.8, 4) is 6.07 Å². The molecule has 1 amide bonds. The van der Waals surface area contributed by atoms with E-state index in [1.165, 1.54) is 7.11 Å². The van der Waals surface area contributed by atoms with Crippen molar-refractivity contribution in [2.45, 2.75) is 24.7 Å². The van der Waals surface area contributed by atoms with Gasteiger partial charge in [-0.3, -0.25) is 14.6 Å². The zero-order valence-electron chi connectivity index (χ0n) is 25.7. The standard InChI is InChI=1S/C36H37Cl2N3O5/c1-44-23-30-34(36(43)46-20-9-18-39)32(27-14-8-15-28(38)22-27)33(31(41-30)24-45-21-17-37)35(42)40-19-16-29(25-10-4-2-5-11-25)26-12-6-3-7-13-26/h2-8,10-15,22,29,32,34H,9,16-17,19-21,23-24H2,1H3,(H,40,42). The molecule has 1 aliphatic rings. The SMILES string of the molecule is COCC1=NC(COCCCl)=C(C(=O)NCCC(c2ccccc2)c2ccccc2)C(c2cccc(Cl)c2)C1C(=O)OCCC#N. The quantitative estimate of drug-likeness (QED) is 0.107. The molecule has 0 saturated carbocycles. The maximum atomic E-state index is 14.3. The summed E-state index contributed by atoms with van der Waals surface area (Å²) in [4.78, 5) is 32.7. The summed E-state index contributed by atoms with van der Waals surface area (Å²) in [5.41, 5.74) is 3.92. The Morgan fingerprint density at radius 3 is 2.28 bits per heavy atom. The molecule has 1 heterocycles. The molecular weight excluding hydrogens is 625 g/mol. The molecule has 0 radical (unpaired) electrons. The first-order valence-electron chi connectivity index (χ1n) is 15.1. The summed E-state index contributed by atoms with van der Waals surface area (Å²) in [5, 5.41) is 12.6. The van der Waals surface area contributed by atoms with Crippen LogP contribution in [0.1, 0.15) is 41.4 Å². The van der Waals surface area contributed by atoms with Gasteiger partial charge in [0.15, 0.2) is 0 Å². The number of carbonyl (C=O) groups excluding carboxylic acids is 2. The van der Waals surface area contributed by atoms with Crippen LogP contribution in [-0.4, -0.2) is 63.6 Å². The van der Waals surface area contributed by atoms with Gasteiger partial charge in [0.2, 0.25) is 5.91 Å². The maximum Gasteiger partial charge on any atom is 0.315 e. The van der Waals surface area contributed by atoms with Crippen molar-refractivity contribution in [2.24, 2.45) is 10.9 Å². The second-order valence-electron chi connectivity index (χ2n) is 10.6. The number of hydrogen-bond acceptors (Lipinski definition) is 7. The third-order valence-corrected chi connectivity index (χ3v) is 8.02. The van der Waals surface area contributed by atoms with Crippen LogP contribution in [-0.2, 0) is 23.8 Å². The first-order valence-corrected chi connectivity index (χ1v) is 16.0. The van der Waals surface area contributed by atoms with Crippen LogP contribution in [0.25, 0.3) is 0 Å². The van der Waals surface area contributed by atoms with E-state index in [1.807, 2.05) is 48.5 Å². The van der Waals surface area contributed by atoms with Gasteiger partial charge in [-0.2, -0.15) is 5.26 Å². The highest BCUT2D eigenvalue weighted by molar-refractivity contribution is 6.30. The van der Waals surface area contributed by atoms with Gasteiger partial charge in [-0.15, -0.1) is 11.6 Å². The Morgan fingerprint density at radius 2 is 1.67 bits per heavy atom. The van der Waals surface area contributed by atoms with Gasteiger partial charge in [-0.25, -0.2) is 0 Å². The van der Waals surface area contributed by atoms with E-state index in [2.05, 4.69) is 29.6 Å². The number of carbonyl (C=O) groups is 2. The predicted octanol–water partition coefficient (Wildman–Crippen LogP) is 6.45. The fourth-order valence-corrected chi connectivity index (χ4v) is 5.97. The van der Waals surface area contributed by atoms with Crippen molar-refractivity contribution < 1.29 is 23.8 Å². The third-order valence-electron chi connectivity index (χ3n) is 7.63. The van der Waals surface area contributed by atoms with Gasteiger partial charge in [0, 0.05) is 42.0 Å². The Hall–Kier alpha value is -4.00. The Balaban J connectivity index is 1.73. The number of hydrogen-bond donors (Lipinski definition) is 1. The van der Waals surface area contributed by atoms with Crippen LogP contribution < -0.4 is 5.32 Å². The average molecular weight is 663 g/mol. The molecule has 0 spiro atoms. The van der Waals surface area contributed by atoms with Crippen molar-refractivity contribution in [1.82, 2.24) is 5.32 Å². The molecule has 0 bridgehead atoms. The summed E-state index contributed by atoms with van der Waals surface area (Å²) < 4.78 is 16.7. The van der Waals surface area contributed by atoms with E-state index in [-0.39, 0.29) is 56.1 Å². The van der Waals surface area contributed by atoms with Crippen LogP contribution in [0, 0.1) is 17.2 Å². The van der Waals surface area contributed by atoms with Gasteiger partial charge in [0.05, 0.1) is 43.7 Å². The topological polar surface area (TPSA) is 110 Å². The minimum absolute atomic E-state index is 0.00733. The van der Waals surface area contributed by atoms with Crippen LogP contribution in [0.5, 0.6) is 0 Å². The summed E-state index contributed by atoms with van der Waals surface area (Å²) in [5.74, 6) is -2.51. The van der Waals surface area contributed by atoms with Crippen molar-refractivity contribution >= 4 is 40.8 Å². The van der Waals surface area contributed by atoms with Crippen molar-refractivity contribution in [3.05, 3.63) is 118 Å². The zero-order valence-corrected chi connectivity index (χ0v) is 27.2. The normalized spacial score (nSPS) is 16.1. The maximum absolute atomic E-state index is 14.3. The summed E-state index contributed by atoms with van der Waals surface area (Å²) >= 11 is 12.3. The van der Waals surface area contributed by atoms with E-state index in [0.717, 1.165) is 11.1 Å². The van der Waals surface area contributed by atoms with Crippen molar-refractivity contribution in [3.63, 3.8) is 0 Å². The van der Waals surface area contributed by atoms with Crippen LogP contribution in [0.3, 0.4) is 0 Å². The Kier molecular flexibility index (Phi) is 13.8. The highest BCUT2D eigenvalue weighted by atomic mass is 35.5. The number of aliphatic imine (C=N–C) groups is 1. The molecule has 0 saturated heterocycles. The second-order valence-corrected chi connectivity index (χ2v) is 11.5. The summed E-state index contributed by atoms with van der Waals surface area (Å²) in [6.45, 7) is 0.504. The molecule has 1 aliphatic heterocycles. The predicted molar refractivity (Wildman–Crippen MR) is 179 cm³/mol. The number of nitrogens with one attached hydrogen (secondary N) is 1. The number of halogens is 2. The van der Waals surface area contributed by atoms with Crippen LogP contribution >= 0.6 is 23.2 Å². The number of rotatable bonds is 16. The van der Waals surface area contributed by atoms with E-state index < -0.39 is 17.8 Å². The second kappa shape index (κ2) is 18.2. The number of nitrogens with zero attached hydrogens (tertiary/aromatic N) is 2. The molecule has 3 aromatic carbocycles. The average Bonchev–Trinajstić information content (AvgIpc) is 3.07. The lowest BCUT2D eigenvalue weighted by Crippen LogP contribution is -2.42. The number of benzene rings is 3. The summed E-state index contributed by atoms with van der Waals surface area (Å²) in [7, 11) is 1.50. The number of amides is 1.